The van der Waals surface area contributed by atoms with Crippen LogP contribution in [0.2, 0.25) is 0 Å². The molecule has 0 saturated carbocycles. The smallest absolute Gasteiger partial charge is 0.316 e. The van der Waals surface area contributed by atoms with Crippen molar-refractivity contribution in [3.05, 3.63) is 0 Å². The molecule has 0 aromatic rings. The molecule has 0 bridgehead atoms. The first-order chi connectivity index (χ1) is 8.01. The van der Waals surface area contributed by atoms with Gasteiger partial charge in [-0.15, -0.1) is 0 Å². The lowest BCUT2D eigenvalue weighted by Crippen LogP contribution is -2.44. The van der Waals surface area contributed by atoms with E-state index in [2.05, 4.69) is 5.32 Å². The monoisotopic (exact) mass is 279 g/mol. The average molecular weight is 279 g/mol. The average Bonchev–Trinajstić information content (AvgIpc) is 2.14. The highest BCUT2D eigenvalue weighted by Gasteiger charge is 2.37. The zero-order valence-electron chi connectivity index (χ0n) is 11.2. The maximum Gasteiger partial charge on any atom is 0.316 e. The quantitative estimate of drug-likeness (QED) is 0.680. The zero-order valence-corrected chi connectivity index (χ0v) is 12.0. The van der Waals surface area contributed by atoms with Crippen LogP contribution < -0.4 is 5.32 Å². The van der Waals surface area contributed by atoms with Crippen LogP contribution in [0.3, 0.4) is 0 Å². The Balaban J connectivity index is 4.53. The maximum absolute atomic E-state index is 11.7. The molecule has 1 amide bonds. The largest absolute Gasteiger partial charge is 0.481 e. The molecule has 18 heavy (non-hydrogen) atoms. The van der Waals surface area contributed by atoms with Crippen LogP contribution >= 0.6 is 0 Å². The molecular weight excluding hydrogens is 258 g/mol. The van der Waals surface area contributed by atoms with Gasteiger partial charge in [0, 0.05) is 12.3 Å². The van der Waals surface area contributed by atoms with Gasteiger partial charge in [0.15, 0.2) is 9.84 Å². The van der Waals surface area contributed by atoms with Crippen LogP contribution in [-0.4, -0.2) is 43.5 Å². The van der Waals surface area contributed by atoms with Crippen LogP contribution in [0.1, 0.15) is 27.7 Å². The number of carboxylic acids is 1. The highest BCUT2D eigenvalue weighted by Crippen LogP contribution is 2.26. The molecule has 0 heterocycles. The van der Waals surface area contributed by atoms with Crippen molar-refractivity contribution in [2.24, 2.45) is 11.3 Å². The summed E-state index contributed by atoms with van der Waals surface area (Å²) >= 11 is 0. The molecule has 0 aliphatic rings. The summed E-state index contributed by atoms with van der Waals surface area (Å²) in [6, 6.07) is 0. The molecule has 6 nitrogen and oxygen atoms in total. The number of hydrogen-bond donors (Lipinski definition) is 2. The van der Waals surface area contributed by atoms with Crippen LogP contribution in [0.5, 0.6) is 0 Å². The van der Waals surface area contributed by atoms with E-state index in [0.29, 0.717) is 0 Å². The van der Waals surface area contributed by atoms with Crippen molar-refractivity contribution < 1.29 is 23.1 Å². The van der Waals surface area contributed by atoms with Gasteiger partial charge in [0.2, 0.25) is 5.91 Å². The van der Waals surface area contributed by atoms with E-state index in [-0.39, 0.29) is 18.1 Å². The predicted octanol–water partition coefficient (Wildman–Crippen LogP) is 0.284. The number of nitrogens with one attached hydrogen (secondary N) is 1. The molecule has 1 atom stereocenters. The van der Waals surface area contributed by atoms with E-state index < -0.39 is 33.0 Å². The number of hydrogen-bond acceptors (Lipinski definition) is 4. The Kier molecular flexibility index (Phi) is 5.79. The summed E-state index contributed by atoms with van der Waals surface area (Å²) in [5.41, 5.74) is -0.723. The molecule has 1 unspecified atom stereocenters. The van der Waals surface area contributed by atoms with Crippen molar-refractivity contribution in [3.8, 4) is 0 Å². The summed E-state index contributed by atoms with van der Waals surface area (Å²) in [6.07, 6.45) is 0. The van der Waals surface area contributed by atoms with Crippen LogP contribution in [0.25, 0.3) is 0 Å². The Labute approximate surface area is 108 Å². The first-order valence-corrected chi connectivity index (χ1v) is 7.54. The van der Waals surface area contributed by atoms with Gasteiger partial charge in [-0.1, -0.05) is 27.7 Å². The van der Waals surface area contributed by atoms with Gasteiger partial charge >= 0.3 is 5.97 Å². The second kappa shape index (κ2) is 6.17. The van der Waals surface area contributed by atoms with Crippen molar-refractivity contribution in [2.45, 2.75) is 27.7 Å². The second-order valence-corrected chi connectivity index (χ2v) is 7.64. The van der Waals surface area contributed by atoms with Crippen LogP contribution in [0.15, 0.2) is 0 Å². The minimum atomic E-state index is -3.16. The Morgan fingerprint density at radius 3 is 2.11 bits per heavy atom. The topological polar surface area (TPSA) is 101 Å². The number of rotatable bonds is 6. The van der Waals surface area contributed by atoms with Crippen LogP contribution in [0.4, 0.5) is 0 Å². The number of amides is 1. The van der Waals surface area contributed by atoms with Crippen molar-refractivity contribution >= 4 is 21.7 Å². The Bertz CT molecular complexity index is 408. The molecule has 0 aliphatic carbocycles. The fourth-order valence-corrected chi connectivity index (χ4v) is 2.15. The minimum absolute atomic E-state index is 0.00446. The zero-order chi connectivity index (χ0) is 14.6. The first-order valence-electron chi connectivity index (χ1n) is 5.72. The van der Waals surface area contributed by atoms with Gasteiger partial charge in [0.25, 0.3) is 0 Å². The van der Waals surface area contributed by atoms with E-state index in [1.165, 1.54) is 6.92 Å². The molecule has 0 rings (SSSR count). The molecule has 0 aromatic carbocycles. The number of carbonyl (C=O) groups excluding carboxylic acids is 1. The minimum Gasteiger partial charge on any atom is -0.481 e. The molecule has 0 aliphatic heterocycles. The third-order valence-corrected chi connectivity index (χ3v) is 4.23. The molecule has 0 spiro atoms. The van der Waals surface area contributed by atoms with Crippen molar-refractivity contribution in [2.75, 3.05) is 18.1 Å². The third-order valence-electron chi connectivity index (χ3n) is 2.53. The van der Waals surface area contributed by atoms with Crippen LogP contribution in [-0.2, 0) is 19.4 Å². The van der Waals surface area contributed by atoms with Gasteiger partial charge in [0.05, 0.1) is 5.75 Å². The van der Waals surface area contributed by atoms with E-state index in [4.69, 9.17) is 5.11 Å². The number of carbonyl (C=O) groups is 2. The Morgan fingerprint density at radius 1 is 1.28 bits per heavy atom. The first kappa shape index (κ1) is 16.9. The van der Waals surface area contributed by atoms with E-state index in [1.807, 2.05) is 0 Å². The lowest BCUT2D eigenvalue weighted by Gasteiger charge is -2.25. The maximum atomic E-state index is 11.7. The number of sulfone groups is 1. The molecule has 0 saturated heterocycles. The van der Waals surface area contributed by atoms with E-state index >= 15 is 0 Å². The van der Waals surface area contributed by atoms with E-state index in [1.54, 1.807) is 20.8 Å². The molecule has 0 fully saturated rings. The number of carboxylic acid groups (broad SMARTS) is 1. The van der Waals surface area contributed by atoms with Gasteiger partial charge in [0.1, 0.15) is 5.92 Å². The fourth-order valence-electron chi connectivity index (χ4n) is 1.45. The number of aliphatic carboxylic acids is 1. The fraction of sp³-hybridized carbons (Fsp3) is 0.818. The van der Waals surface area contributed by atoms with E-state index in [9.17, 15) is 18.0 Å². The summed E-state index contributed by atoms with van der Waals surface area (Å²) in [7, 11) is -3.16. The normalized spacial score (nSPS) is 14.0. The summed E-state index contributed by atoms with van der Waals surface area (Å²) in [6.45, 7) is 6.40. The summed E-state index contributed by atoms with van der Waals surface area (Å²) in [5, 5.41) is 11.4. The molecule has 106 valence electrons. The van der Waals surface area contributed by atoms with Gasteiger partial charge in [-0.05, 0) is 5.41 Å². The van der Waals surface area contributed by atoms with Crippen LogP contribution in [0, 0.1) is 11.3 Å². The molecule has 2 N–H and O–H groups in total. The summed E-state index contributed by atoms with van der Waals surface area (Å²) in [4.78, 5) is 22.7. The van der Waals surface area contributed by atoms with Crippen molar-refractivity contribution in [1.82, 2.24) is 5.32 Å². The van der Waals surface area contributed by atoms with Gasteiger partial charge in [-0.3, -0.25) is 9.59 Å². The van der Waals surface area contributed by atoms with E-state index in [0.717, 1.165) is 0 Å². The molecule has 7 heteroatoms. The molecule has 0 radical (unpaired) electrons. The summed E-state index contributed by atoms with van der Waals surface area (Å²) in [5.74, 6) is -3.22. The Morgan fingerprint density at radius 2 is 1.78 bits per heavy atom. The third kappa shape index (κ3) is 5.48. The molecular formula is C11H21NO5S. The highest BCUT2D eigenvalue weighted by atomic mass is 32.2. The molecule has 0 aromatic heterocycles. The Hall–Kier alpha value is -1.11. The lowest BCUT2D eigenvalue weighted by molar-refractivity contribution is -0.151. The lowest BCUT2D eigenvalue weighted by atomic mass is 9.80. The SMILES string of the molecule is CCS(=O)(=O)CCNC(=O)C(C(=O)O)C(C)(C)C. The standard InChI is InChI=1S/C11H21NO5S/c1-5-18(16,17)7-6-12-9(13)8(10(14)15)11(2,3)4/h8H,5-7H2,1-4H3,(H,12,13)(H,14,15). The van der Waals surface area contributed by atoms with Crippen molar-refractivity contribution in [1.29, 1.82) is 0 Å². The summed E-state index contributed by atoms with van der Waals surface area (Å²) < 4.78 is 22.4. The van der Waals surface area contributed by atoms with Gasteiger partial charge in [-0.2, -0.15) is 0 Å². The van der Waals surface area contributed by atoms with Crippen molar-refractivity contribution in [3.63, 3.8) is 0 Å². The highest BCUT2D eigenvalue weighted by molar-refractivity contribution is 7.91. The van der Waals surface area contributed by atoms with Gasteiger partial charge in [-0.25, -0.2) is 8.42 Å². The van der Waals surface area contributed by atoms with Gasteiger partial charge < -0.3 is 10.4 Å². The second-order valence-electron chi connectivity index (χ2n) is 5.16. The predicted molar refractivity (Wildman–Crippen MR) is 67.9 cm³/mol.